The van der Waals surface area contributed by atoms with Crippen LogP contribution in [0.4, 0.5) is 5.82 Å². The Morgan fingerprint density at radius 2 is 2.45 bits per heavy atom. The molecule has 0 atom stereocenters. The fraction of sp³-hybridized carbons (Fsp3) is 0.200. The van der Waals surface area contributed by atoms with Gasteiger partial charge in [-0.1, -0.05) is 18.6 Å². The van der Waals surface area contributed by atoms with Gasteiger partial charge < -0.3 is 10.4 Å². The molecule has 6 heteroatoms. The number of hydrogen-bond acceptors (Lipinski definition) is 2. The summed E-state index contributed by atoms with van der Waals surface area (Å²) in [6.07, 6.45) is 1.47. The first-order chi connectivity index (χ1) is 4.75. The van der Waals surface area contributed by atoms with Crippen molar-refractivity contribution in [3.05, 3.63) is 17.1 Å². The van der Waals surface area contributed by atoms with Crippen molar-refractivity contribution in [2.24, 2.45) is 0 Å². The number of nitrogens with zero attached hydrogens (tertiary/aromatic N) is 2. The molecule has 54 valence electrons. The van der Waals surface area contributed by atoms with Gasteiger partial charge in [-0.3, -0.25) is 10.5 Å². The minimum Gasteiger partial charge on any atom is -0.467 e. The van der Waals surface area contributed by atoms with E-state index in [0.717, 1.165) is 0 Å². The predicted octanol–water partition coefficient (Wildman–Crippen LogP) is -1.39. The molecule has 0 spiro atoms. The number of aromatic nitrogens is 2. The molecule has 0 fully saturated rings. The van der Waals surface area contributed by atoms with E-state index < -0.39 is 0 Å². The summed E-state index contributed by atoms with van der Waals surface area (Å²) in [6, 6.07) is 0. The van der Waals surface area contributed by atoms with Crippen LogP contribution in [0.15, 0.2) is 6.20 Å². The summed E-state index contributed by atoms with van der Waals surface area (Å²) in [5.41, 5.74) is 0.532. The van der Waals surface area contributed by atoms with Crippen LogP contribution in [0.25, 0.3) is 5.32 Å². The van der Waals surface area contributed by atoms with Gasteiger partial charge in [0.05, 0.1) is 0 Å². The van der Waals surface area contributed by atoms with Gasteiger partial charge in [0.15, 0.2) is 0 Å². The zero-order valence-corrected chi connectivity index (χ0v) is 10.2. The molecule has 0 saturated heterocycles. The number of aromatic amines is 1. The van der Waals surface area contributed by atoms with E-state index in [4.69, 9.17) is 17.0 Å². The largest absolute Gasteiger partial charge is 1.00 e. The Hall–Kier alpha value is 0.606. The zero-order chi connectivity index (χ0) is 7.56. The van der Waals surface area contributed by atoms with Crippen LogP contribution in [0, 0.1) is 5.41 Å². The minimum absolute atomic E-state index is 0. The van der Waals surface area contributed by atoms with Crippen LogP contribution in [0.5, 0.6) is 0 Å². The van der Waals surface area contributed by atoms with Gasteiger partial charge in [-0.2, -0.15) is 0 Å². The van der Waals surface area contributed by atoms with Crippen molar-refractivity contribution in [1.29, 1.82) is 5.41 Å². The predicted molar refractivity (Wildman–Crippen MR) is 40.2 cm³/mol. The maximum Gasteiger partial charge on any atom is 1.00 e. The molecule has 0 unspecified atom stereocenters. The third kappa shape index (κ3) is 2.85. The Balaban J connectivity index is 0.000001000. The molecule has 0 aliphatic carbocycles. The van der Waals surface area contributed by atoms with Crippen LogP contribution in [-0.2, 0) is 0 Å². The first-order valence-electron chi connectivity index (χ1n) is 2.63. The normalized spacial score (nSPS) is 8.55. The van der Waals surface area contributed by atoms with Crippen molar-refractivity contribution in [3.63, 3.8) is 0 Å². The molecule has 0 aromatic carbocycles. The Bertz CT molecular complexity index is 246. The molecule has 0 aliphatic heterocycles. The van der Waals surface area contributed by atoms with Crippen molar-refractivity contribution in [1.82, 2.24) is 10.2 Å². The summed E-state index contributed by atoms with van der Waals surface area (Å²) in [6.45, 7) is 0. The first kappa shape index (κ1) is 11.6. The van der Waals surface area contributed by atoms with E-state index in [1.165, 1.54) is 6.20 Å². The molecule has 0 saturated carbocycles. The second-order valence-corrected chi connectivity index (χ2v) is 2.05. The second kappa shape index (κ2) is 5.29. The molecule has 0 bridgehead atoms. The number of hydrogen-bond donors (Lipinski definition) is 2. The van der Waals surface area contributed by atoms with Gasteiger partial charge in [0.1, 0.15) is 5.17 Å². The zero-order valence-electron chi connectivity index (χ0n) is 6.35. The van der Waals surface area contributed by atoms with E-state index in [-0.39, 0.29) is 56.6 Å². The SMILES string of the molecule is C[N-]c1[nH]ncc1C(=N)Cl.[K+]. The third-order valence-electron chi connectivity index (χ3n) is 1.08. The standard InChI is InChI=1S/C5H6ClN4.K/c1-8-5-3(4(6)7)2-9-10-5;/h2,7H,1H3,(H-,8,9,10);/q-1;+1. The molecule has 1 aromatic rings. The van der Waals surface area contributed by atoms with Gasteiger partial charge in [-0.15, -0.1) is 0 Å². The summed E-state index contributed by atoms with van der Waals surface area (Å²) < 4.78 is 0. The number of nitrogens with one attached hydrogen (secondary N) is 2. The molecule has 4 nitrogen and oxygen atoms in total. The molecule has 1 aromatic heterocycles. The van der Waals surface area contributed by atoms with Crippen LogP contribution >= 0.6 is 11.6 Å². The summed E-state index contributed by atoms with van der Waals surface area (Å²) in [5, 5.41) is 17.1. The summed E-state index contributed by atoms with van der Waals surface area (Å²) in [7, 11) is 1.61. The van der Waals surface area contributed by atoms with E-state index in [9.17, 15) is 0 Å². The van der Waals surface area contributed by atoms with E-state index in [2.05, 4.69) is 15.5 Å². The van der Waals surface area contributed by atoms with Crippen molar-refractivity contribution in [2.75, 3.05) is 7.05 Å². The Kier molecular flexibility index (Phi) is 5.58. The van der Waals surface area contributed by atoms with E-state index in [1.807, 2.05) is 0 Å². The quantitative estimate of drug-likeness (QED) is 0.444. The van der Waals surface area contributed by atoms with Crippen LogP contribution < -0.4 is 51.4 Å². The smallest absolute Gasteiger partial charge is 0.467 e. The topological polar surface area (TPSA) is 66.6 Å². The van der Waals surface area contributed by atoms with Crippen molar-refractivity contribution >= 4 is 22.6 Å². The molecule has 1 rings (SSSR count). The minimum atomic E-state index is -0.0469. The van der Waals surface area contributed by atoms with Crippen LogP contribution in [-0.4, -0.2) is 22.4 Å². The summed E-state index contributed by atoms with van der Waals surface area (Å²) in [5.74, 6) is 0.542. The van der Waals surface area contributed by atoms with Crippen molar-refractivity contribution < 1.29 is 51.4 Å². The van der Waals surface area contributed by atoms with Crippen molar-refractivity contribution in [3.8, 4) is 0 Å². The van der Waals surface area contributed by atoms with Gasteiger partial charge in [0.2, 0.25) is 0 Å². The fourth-order valence-electron chi connectivity index (χ4n) is 0.610. The van der Waals surface area contributed by atoms with Crippen LogP contribution in [0.2, 0.25) is 0 Å². The Labute approximate surface area is 112 Å². The maximum absolute atomic E-state index is 7.04. The van der Waals surface area contributed by atoms with Gasteiger partial charge in [0, 0.05) is 11.8 Å². The Morgan fingerprint density at radius 1 is 1.82 bits per heavy atom. The maximum atomic E-state index is 7.04. The average molecular weight is 197 g/mol. The molecule has 1 heterocycles. The number of rotatable bonds is 2. The van der Waals surface area contributed by atoms with Crippen LogP contribution in [0.3, 0.4) is 0 Å². The summed E-state index contributed by atoms with van der Waals surface area (Å²) in [4.78, 5) is 0. The van der Waals surface area contributed by atoms with Gasteiger partial charge in [0.25, 0.3) is 0 Å². The van der Waals surface area contributed by atoms with Gasteiger partial charge in [-0.05, 0) is 5.82 Å². The van der Waals surface area contributed by atoms with E-state index in [1.54, 1.807) is 7.05 Å². The van der Waals surface area contributed by atoms with Crippen molar-refractivity contribution in [2.45, 2.75) is 0 Å². The molecular formula is C5H6ClKN4. The van der Waals surface area contributed by atoms with Gasteiger partial charge >= 0.3 is 51.4 Å². The summed E-state index contributed by atoms with van der Waals surface area (Å²) >= 11 is 5.39. The van der Waals surface area contributed by atoms with E-state index >= 15 is 0 Å². The fourth-order valence-corrected chi connectivity index (χ4v) is 0.749. The Morgan fingerprint density at radius 3 is 2.82 bits per heavy atom. The number of H-pyrrole nitrogens is 1. The molecule has 11 heavy (non-hydrogen) atoms. The number of halogens is 1. The first-order valence-corrected chi connectivity index (χ1v) is 3.01. The monoisotopic (exact) mass is 196 g/mol. The second-order valence-electron chi connectivity index (χ2n) is 1.67. The van der Waals surface area contributed by atoms with Crippen LogP contribution in [0.1, 0.15) is 5.56 Å². The third-order valence-corrected chi connectivity index (χ3v) is 1.28. The van der Waals surface area contributed by atoms with Gasteiger partial charge in [-0.25, -0.2) is 0 Å². The molecule has 2 N–H and O–H groups in total. The average Bonchev–Trinajstić information content (AvgIpc) is 2.33. The van der Waals surface area contributed by atoms with E-state index in [0.29, 0.717) is 11.4 Å². The molecule has 0 radical (unpaired) electrons. The molecule has 0 amide bonds. The molecule has 0 aliphatic rings. The molecular weight excluding hydrogens is 191 g/mol.